The average Bonchev–Trinajstić information content (AvgIpc) is 2.88. The summed E-state index contributed by atoms with van der Waals surface area (Å²) in [6.45, 7) is 7.47. The molecule has 0 aromatic carbocycles. The van der Waals surface area contributed by atoms with Gasteiger partial charge >= 0.3 is 6.09 Å². The van der Waals surface area contributed by atoms with Crippen molar-refractivity contribution >= 4 is 17.4 Å². The van der Waals surface area contributed by atoms with Crippen LogP contribution in [0.1, 0.15) is 50.1 Å². The maximum atomic E-state index is 12.1. The Balaban J connectivity index is 1.31. The molecule has 4 nitrogen and oxygen atoms in total. The first-order chi connectivity index (χ1) is 10.9. The first kappa shape index (κ1) is 15.5. The molecular formula is C18H26N2O2S. The van der Waals surface area contributed by atoms with E-state index < -0.39 is 5.60 Å². The second kappa shape index (κ2) is 5.49. The molecule has 0 radical (unpaired) electrons. The predicted octanol–water partition coefficient (Wildman–Crippen LogP) is 3.58. The zero-order valence-corrected chi connectivity index (χ0v) is 15.0. The summed E-state index contributed by atoms with van der Waals surface area (Å²) in [6, 6.07) is 3.40. The number of thiophene rings is 1. The highest BCUT2D eigenvalue weighted by Gasteiger charge is 2.57. The van der Waals surface area contributed by atoms with Crippen LogP contribution in [-0.2, 0) is 11.2 Å². The van der Waals surface area contributed by atoms with Crippen LogP contribution < -0.4 is 5.32 Å². The van der Waals surface area contributed by atoms with E-state index in [4.69, 9.17) is 4.74 Å². The molecule has 1 aromatic heterocycles. The van der Waals surface area contributed by atoms with Crippen molar-refractivity contribution in [2.24, 2.45) is 11.8 Å². The molecule has 1 aromatic rings. The third-order valence-electron chi connectivity index (χ3n) is 5.29. The van der Waals surface area contributed by atoms with Gasteiger partial charge in [0.05, 0.1) is 0 Å². The van der Waals surface area contributed by atoms with Crippen LogP contribution in [0.3, 0.4) is 0 Å². The van der Waals surface area contributed by atoms with Gasteiger partial charge in [-0.05, 0) is 68.9 Å². The van der Waals surface area contributed by atoms with Gasteiger partial charge < -0.3 is 15.0 Å². The number of hydrogen-bond donors (Lipinski definition) is 1. The second-order valence-corrected chi connectivity index (χ2v) is 9.15. The highest BCUT2D eigenvalue weighted by Crippen LogP contribution is 2.48. The molecule has 5 heteroatoms. The molecule has 2 fully saturated rings. The van der Waals surface area contributed by atoms with E-state index in [0.717, 1.165) is 13.1 Å². The summed E-state index contributed by atoms with van der Waals surface area (Å²) in [6.07, 6.45) is 3.63. The lowest BCUT2D eigenvalue weighted by Gasteiger charge is -2.28. The lowest BCUT2D eigenvalue weighted by atomic mass is 9.94. The fourth-order valence-corrected chi connectivity index (χ4v) is 5.13. The summed E-state index contributed by atoms with van der Waals surface area (Å²) in [7, 11) is 0. The first-order valence-corrected chi connectivity index (χ1v) is 9.60. The minimum Gasteiger partial charge on any atom is -0.444 e. The number of ether oxygens (including phenoxy) is 1. The number of carbonyl (C=O) groups excluding carboxylic acids is 1. The number of rotatable bonds is 2. The molecule has 126 valence electrons. The molecule has 0 bridgehead atoms. The van der Waals surface area contributed by atoms with Crippen LogP contribution in [0, 0.1) is 11.8 Å². The monoisotopic (exact) mass is 334 g/mol. The van der Waals surface area contributed by atoms with E-state index in [1.54, 1.807) is 4.88 Å². The van der Waals surface area contributed by atoms with Gasteiger partial charge in [-0.15, -0.1) is 11.3 Å². The average molecular weight is 334 g/mol. The van der Waals surface area contributed by atoms with Gasteiger partial charge in [-0.1, -0.05) is 0 Å². The van der Waals surface area contributed by atoms with Crippen LogP contribution in [-0.4, -0.2) is 35.7 Å². The van der Waals surface area contributed by atoms with E-state index in [1.165, 1.54) is 24.8 Å². The number of amides is 1. The Kier molecular flexibility index (Phi) is 3.69. The van der Waals surface area contributed by atoms with Gasteiger partial charge in [-0.2, -0.15) is 0 Å². The Morgan fingerprint density at radius 1 is 1.35 bits per heavy atom. The standard InChI is InChI=1S/C18H26N2O2S/c1-18(2,3)22-17(21)20-9-12-13(10-20)16(12)19-14-5-4-6-15-11(14)7-8-23-15/h7-8,12-14,16,19H,4-6,9-10H2,1-3H3. The maximum Gasteiger partial charge on any atom is 0.410 e. The van der Waals surface area contributed by atoms with Crippen molar-refractivity contribution in [2.75, 3.05) is 13.1 Å². The third-order valence-corrected chi connectivity index (χ3v) is 6.29. The van der Waals surface area contributed by atoms with Gasteiger partial charge in [-0.25, -0.2) is 4.79 Å². The van der Waals surface area contributed by atoms with Gasteiger partial charge in [0.15, 0.2) is 0 Å². The van der Waals surface area contributed by atoms with E-state index in [1.807, 2.05) is 37.0 Å². The summed E-state index contributed by atoms with van der Waals surface area (Å²) < 4.78 is 5.48. The second-order valence-electron chi connectivity index (χ2n) is 8.15. The zero-order valence-electron chi connectivity index (χ0n) is 14.2. The van der Waals surface area contributed by atoms with Gasteiger partial charge in [-0.3, -0.25) is 0 Å². The molecule has 3 unspecified atom stereocenters. The largest absolute Gasteiger partial charge is 0.444 e. The SMILES string of the molecule is CC(C)(C)OC(=O)N1CC2C(C1)C2NC1CCCc2sccc21. The summed E-state index contributed by atoms with van der Waals surface area (Å²) in [5.74, 6) is 1.23. The molecule has 1 saturated carbocycles. The minimum absolute atomic E-state index is 0.152. The van der Waals surface area contributed by atoms with Gasteiger partial charge in [0.25, 0.3) is 0 Å². The molecular weight excluding hydrogens is 308 g/mol. The molecule has 1 N–H and O–H groups in total. The van der Waals surface area contributed by atoms with Crippen LogP contribution in [0.25, 0.3) is 0 Å². The maximum absolute atomic E-state index is 12.1. The fraction of sp³-hybridized carbons (Fsp3) is 0.722. The van der Waals surface area contributed by atoms with Crippen molar-refractivity contribution in [3.63, 3.8) is 0 Å². The van der Waals surface area contributed by atoms with Crippen LogP contribution in [0.4, 0.5) is 4.79 Å². The van der Waals surface area contributed by atoms with Crippen LogP contribution in [0.5, 0.6) is 0 Å². The van der Waals surface area contributed by atoms with Crippen LogP contribution >= 0.6 is 11.3 Å². The topological polar surface area (TPSA) is 41.6 Å². The molecule has 0 spiro atoms. The molecule has 4 rings (SSSR count). The zero-order chi connectivity index (χ0) is 16.2. The number of nitrogens with one attached hydrogen (secondary N) is 1. The van der Waals surface area contributed by atoms with E-state index in [-0.39, 0.29) is 6.09 Å². The number of fused-ring (bicyclic) bond motifs is 2. The smallest absolute Gasteiger partial charge is 0.410 e. The fourth-order valence-electron chi connectivity index (χ4n) is 4.14. The molecule has 23 heavy (non-hydrogen) atoms. The van der Waals surface area contributed by atoms with Crippen molar-refractivity contribution < 1.29 is 9.53 Å². The number of piperidine rings is 1. The molecule has 1 saturated heterocycles. The summed E-state index contributed by atoms with van der Waals surface area (Å²) >= 11 is 1.90. The van der Waals surface area contributed by atoms with Crippen LogP contribution in [0.2, 0.25) is 0 Å². The van der Waals surface area contributed by atoms with E-state index in [9.17, 15) is 4.79 Å². The van der Waals surface area contributed by atoms with Gasteiger partial charge in [0.1, 0.15) is 5.60 Å². The third kappa shape index (κ3) is 3.01. The van der Waals surface area contributed by atoms with Gasteiger partial charge in [0.2, 0.25) is 0 Å². The Labute approximate surface area is 142 Å². The van der Waals surface area contributed by atoms with Crippen molar-refractivity contribution in [2.45, 2.75) is 57.7 Å². The number of aryl methyl sites for hydroxylation is 1. The Morgan fingerprint density at radius 3 is 2.78 bits per heavy atom. The predicted molar refractivity (Wildman–Crippen MR) is 91.7 cm³/mol. The quantitative estimate of drug-likeness (QED) is 0.899. The van der Waals surface area contributed by atoms with Gasteiger partial charge in [0, 0.05) is 30.1 Å². The molecule has 2 heterocycles. The van der Waals surface area contributed by atoms with Crippen molar-refractivity contribution in [3.05, 3.63) is 21.9 Å². The number of hydrogen-bond acceptors (Lipinski definition) is 4. The highest BCUT2D eigenvalue weighted by atomic mass is 32.1. The summed E-state index contributed by atoms with van der Waals surface area (Å²) in [4.78, 5) is 15.6. The lowest BCUT2D eigenvalue weighted by molar-refractivity contribution is 0.0268. The van der Waals surface area contributed by atoms with Crippen LogP contribution in [0.15, 0.2) is 11.4 Å². The highest BCUT2D eigenvalue weighted by molar-refractivity contribution is 7.10. The summed E-state index contributed by atoms with van der Waals surface area (Å²) in [5.41, 5.74) is 1.12. The Hall–Kier alpha value is -1.07. The van der Waals surface area contributed by atoms with Crippen molar-refractivity contribution in [1.82, 2.24) is 10.2 Å². The summed E-state index contributed by atoms with van der Waals surface area (Å²) in [5, 5.41) is 6.10. The molecule has 1 aliphatic heterocycles. The normalized spacial score (nSPS) is 32.4. The number of likely N-dealkylation sites (tertiary alicyclic amines) is 1. The number of nitrogens with zero attached hydrogens (tertiary/aromatic N) is 1. The molecule has 3 atom stereocenters. The molecule has 2 aliphatic carbocycles. The Morgan fingerprint density at radius 2 is 2.09 bits per heavy atom. The Bertz CT molecular complexity index is 594. The van der Waals surface area contributed by atoms with E-state index in [0.29, 0.717) is 23.9 Å². The minimum atomic E-state index is -0.404. The van der Waals surface area contributed by atoms with Crippen molar-refractivity contribution in [3.8, 4) is 0 Å². The molecule has 1 amide bonds. The van der Waals surface area contributed by atoms with Crippen molar-refractivity contribution in [1.29, 1.82) is 0 Å². The van der Waals surface area contributed by atoms with E-state index >= 15 is 0 Å². The lowest BCUT2D eigenvalue weighted by Crippen LogP contribution is -2.40. The van der Waals surface area contributed by atoms with E-state index in [2.05, 4.69) is 16.8 Å². The first-order valence-electron chi connectivity index (χ1n) is 8.72. The molecule has 3 aliphatic rings. The number of carbonyl (C=O) groups is 1.